The molecular weight excluding hydrogens is 378 g/mol. The number of rotatable bonds is 4. The molecule has 0 bridgehead atoms. The van der Waals surface area contributed by atoms with Gasteiger partial charge in [-0.15, -0.1) is 0 Å². The molecule has 1 unspecified atom stereocenters. The molecule has 0 aromatic heterocycles. The zero-order valence-corrected chi connectivity index (χ0v) is 17.3. The Hall–Kier alpha value is -3.04. The molecule has 1 fully saturated rings. The van der Waals surface area contributed by atoms with Crippen LogP contribution in [0.25, 0.3) is 0 Å². The number of nitrogens with zero attached hydrogens (tertiary/aromatic N) is 3. The van der Waals surface area contributed by atoms with Crippen molar-refractivity contribution in [2.75, 3.05) is 39.9 Å². The minimum absolute atomic E-state index is 0.144. The van der Waals surface area contributed by atoms with E-state index < -0.39 is 0 Å². The third-order valence-electron chi connectivity index (χ3n) is 5.91. The predicted octanol–water partition coefficient (Wildman–Crippen LogP) is 2.85. The Morgan fingerprint density at radius 3 is 2.77 bits per heavy atom. The Bertz CT molecular complexity index is 936. The summed E-state index contributed by atoms with van der Waals surface area (Å²) in [5, 5.41) is 8.94. The number of hydrogen-bond acceptors (Lipinski definition) is 5. The van der Waals surface area contributed by atoms with Gasteiger partial charge < -0.3 is 14.4 Å². The van der Waals surface area contributed by atoms with Crippen molar-refractivity contribution in [2.24, 2.45) is 5.92 Å². The largest absolute Gasteiger partial charge is 0.497 e. The molecule has 4 rings (SSSR count). The SMILES string of the molecule is COc1ccc2c(c1)CC(C(=O)N1CCCN(Cc3ccc(C#N)cc3)CC1)CO2. The minimum Gasteiger partial charge on any atom is -0.497 e. The van der Waals surface area contributed by atoms with Gasteiger partial charge in [-0.3, -0.25) is 9.69 Å². The minimum atomic E-state index is -0.144. The van der Waals surface area contributed by atoms with Crippen LogP contribution in [0.5, 0.6) is 11.5 Å². The molecule has 156 valence electrons. The van der Waals surface area contributed by atoms with Gasteiger partial charge in [0.25, 0.3) is 0 Å². The van der Waals surface area contributed by atoms with Gasteiger partial charge in [0, 0.05) is 32.7 Å². The molecule has 6 nitrogen and oxygen atoms in total. The van der Waals surface area contributed by atoms with Crippen molar-refractivity contribution >= 4 is 5.91 Å². The first-order valence-corrected chi connectivity index (χ1v) is 10.5. The number of methoxy groups -OCH3 is 1. The predicted molar refractivity (Wildman–Crippen MR) is 113 cm³/mol. The highest BCUT2D eigenvalue weighted by Gasteiger charge is 2.30. The summed E-state index contributed by atoms with van der Waals surface area (Å²) in [6.07, 6.45) is 1.65. The second-order valence-electron chi connectivity index (χ2n) is 7.95. The summed E-state index contributed by atoms with van der Waals surface area (Å²) in [4.78, 5) is 17.6. The molecule has 2 heterocycles. The van der Waals surface area contributed by atoms with Gasteiger partial charge in [-0.1, -0.05) is 12.1 Å². The molecule has 1 atom stereocenters. The summed E-state index contributed by atoms with van der Waals surface area (Å²) >= 11 is 0. The zero-order valence-electron chi connectivity index (χ0n) is 17.3. The van der Waals surface area contributed by atoms with Crippen LogP contribution in [-0.2, 0) is 17.8 Å². The van der Waals surface area contributed by atoms with E-state index in [1.807, 2.05) is 47.4 Å². The maximum absolute atomic E-state index is 13.2. The van der Waals surface area contributed by atoms with Crippen LogP contribution in [0.4, 0.5) is 0 Å². The van der Waals surface area contributed by atoms with Gasteiger partial charge in [-0.2, -0.15) is 5.26 Å². The number of carbonyl (C=O) groups is 1. The normalized spacial score (nSPS) is 19.2. The van der Waals surface area contributed by atoms with Crippen LogP contribution in [0.15, 0.2) is 42.5 Å². The molecule has 0 radical (unpaired) electrons. The fraction of sp³-hybridized carbons (Fsp3) is 0.417. The molecule has 1 saturated heterocycles. The van der Waals surface area contributed by atoms with Crippen LogP contribution in [0.3, 0.4) is 0 Å². The summed E-state index contributed by atoms with van der Waals surface area (Å²) < 4.78 is 11.2. The summed E-state index contributed by atoms with van der Waals surface area (Å²) in [6, 6.07) is 15.7. The highest BCUT2D eigenvalue weighted by atomic mass is 16.5. The molecule has 2 aliphatic rings. The number of nitriles is 1. The lowest BCUT2D eigenvalue weighted by Gasteiger charge is -2.30. The Kier molecular flexibility index (Phi) is 6.20. The van der Waals surface area contributed by atoms with Gasteiger partial charge in [0.2, 0.25) is 5.91 Å². The van der Waals surface area contributed by atoms with E-state index in [1.165, 1.54) is 5.56 Å². The van der Waals surface area contributed by atoms with Crippen molar-refractivity contribution in [2.45, 2.75) is 19.4 Å². The zero-order chi connectivity index (χ0) is 20.9. The lowest BCUT2D eigenvalue weighted by atomic mass is 9.95. The summed E-state index contributed by atoms with van der Waals surface area (Å²) in [5.74, 6) is 1.68. The Morgan fingerprint density at radius 2 is 2.00 bits per heavy atom. The van der Waals surface area contributed by atoms with E-state index in [4.69, 9.17) is 14.7 Å². The number of hydrogen-bond donors (Lipinski definition) is 0. The fourth-order valence-corrected chi connectivity index (χ4v) is 4.21. The van der Waals surface area contributed by atoms with E-state index in [0.29, 0.717) is 18.6 Å². The lowest BCUT2D eigenvalue weighted by molar-refractivity contribution is -0.136. The molecular formula is C24H27N3O3. The average molecular weight is 405 g/mol. The molecule has 2 aromatic rings. The average Bonchev–Trinajstić information content (AvgIpc) is 3.04. The topological polar surface area (TPSA) is 65.8 Å². The second-order valence-corrected chi connectivity index (χ2v) is 7.95. The summed E-state index contributed by atoms with van der Waals surface area (Å²) in [7, 11) is 1.65. The summed E-state index contributed by atoms with van der Waals surface area (Å²) in [5.41, 5.74) is 2.91. The number of benzene rings is 2. The van der Waals surface area contributed by atoms with Gasteiger partial charge in [-0.25, -0.2) is 0 Å². The molecule has 1 amide bonds. The van der Waals surface area contributed by atoms with Crippen LogP contribution in [0.1, 0.15) is 23.1 Å². The first-order valence-electron chi connectivity index (χ1n) is 10.5. The van der Waals surface area contributed by atoms with Crippen molar-refractivity contribution in [1.82, 2.24) is 9.80 Å². The number of amides is 1. The second kappa shape index (κ2) is 9.19. The quantitative estimate of drug-likeness (QED) is 0.783. The van der Waals surface area contributed by atoms with E-state index in [1.54, 1.807) is 7.11 Å². The number of carbonyl (C=O) groups excluding carboxylic acids is 1. The molecule has 0 N–H and O–H groups in total. The van der Waals surface area contributed by atoms with Crippen molar-refractivity contribution in [3.05, 3.63) is 59.2 Å². The van der Waals surface area contributed by atoms with Crippen LogP contribution in [0, 0.1) is 17.2 Å². The van der Waals surface area contributed by atoms with Crippen LogP contribution in [-0.4, -0.2) is 55.6 Å². The lowest BCUT2D eigenvalue weighted by Crippen LogP contribution is -2.42. The number of fused-ring (bicyclic) bond motifs is 1. The van der Waals surface area contributed by atoms with Gasteiger partial charge in [0.05, 0.1) is 24.7 Å². The molecule has 0 saturated carbocycles. The van der Waals surface area contributed by atoms with E-state index in [0.717, 1.165) is 56.2 Å². The Morgan fingerprint density at radius 1 is 1.17 bits per heavy atom. The molecule has 30 heavy (non-hydrogen) atoms. The van der Waals surface area contributed by atoms with Gasteiger partial charge in [0.15, 0.2) is 0 Å². The van der Waals surface area contributed by atoms with E-state index in [2.05, 4.69) is 11.0 Å². The molecule has 0 aliphatic carbocycles. The Balaban J connectivity index is 1.34. The van der Waals surface area contributed by atoms with Gasteiger partial charge in [-0.05, 0) is 54.3 Å². The maximum atomic E-state index is 13.2. The van der Waals surface area contributed by atoms with Gasteiger partial charge >= 0.3 is 0 Å². The number of ether oxygens (including phenoxy) is 2. The Labute approximate surface area is 177 Å². The van der Waals surface area contributed by atoms with Crippen molar-refractivity contribution in [3.63, 3.8) is 0 Å². The monoisotopic (exact) mass is 405 g/mol. The molecule has 2 aliphatic heterocycles. The first-order chi connectivity index (χ1) is 14.7. The highest BCUT2D eigenvalue weighted by molar-refractivity contribution is 5.80. The molecule has 0 spiro atoms. The van der Waals surface area contributed by atoms with E-state index in [-0.39, 0.29) is 11.8 Å². The van der Waals surface area contributed by atoms with Crippen LogP contribution in [0.2, 0.25) is 0 Å². The van der Waals surface area contributed by atoms with Crippen molar-refractivity contribution in [1.29, 1.82) is 5.26 Å². The maximum Gasteiger partial charge on any atom is 0.229 e. The first kappa shape index (κ1) is 20.2. The van der Waals surface area contributed by atoms with E-state index >= 15 is 0 Å². The van der Waals surface area contributed by atoms with Crippen molar-refractivity contribution in [3.8, 4) is 17.6 Å². The third kappa shape index (κ3) is 4.58. The highest BCUT2D eigenvalue weighted by Crippen LogP contribution is 2.31. The van der Waals surface area contributed by atoms with Crippen LogP contribution >= 0.6 is 0 Å². The van der Waals surface area contributed by atoms with E-state index in [9.17, 15) is 4.79 Å². The molecule has 6 heteroatoms. The van der Waals surface area contributed by atoms with Gasteiger partial charge in [0.1, 0.15) is 18.1 Å². The summed E-state index contributed by atoms with van der Waals surface area (Å²) in [6.45, 7) is 4.60. The standard InChI is InChI=1S/C24H27N3O3/c1-29-22-7-8-23-20(14-22)13-21(17-30-23)24(28)27-10-2-9-26(11-12-27)16-19-5-3-18(15-25)4-6-19/h3-8,14,21H,2,9-13,16-17H2,1H3. The van der Waals surface area contributed by atoms with Crippen molar-refractivity contribution < 1.29 is 14.3 Å². The fourth-order valence-electron chi connectivity index (χ4n) is 4.21. The van der Waals surface area contributed by atoms with Crippen LogP contribution < -0.4 is 9.47 Å². The smallest absolute Gasteiger partial charge is 0.229 e. The third-order valence-corrected chi connectivity index (χ3v) is 5.91. The molecule has 2 aromatic carbocycles.